The molecule has 0 unspecified atom stereocenters. The van der Waals surface area contributed by atoms with Gasteiger partial charge in [0.1, 0.15) is 5.03 Å². The van der Waals surface area contributed by atoms with Crippen LogP contribution in [-0.4, -0.2) is 16.5 Å². The minimum atomic E-state index is 0.300. The van der Waals surface area contributed by atoms with Crippen LogP contribution >= 0.6 is 36.0 Å². The van der Waals surface area contributed by atoms with Gasteiger partial charge in [-0.1, -0.05) is 25.4 Å². The zero-order valence-electron chi connectivity index (χ0n) is 9.74. The molecule has 4 heteroatoms. The second-order valence-corrected chi connectivity index (χ2v) is 5.63. The third kappa shape index (κ3) is 3.57. The van der Waals surface area contributed by atoms with Gasteiger partial charge in [0.2, 0.25) is 0 Å². The van der Waals surface area contributed by atoms with Crippen LogP contribution in [0, 0.1) is 5.41 Å². The summed E-state index contributed by atoms with van der Waals surface area (Å²) in [4.78, 5) is 4.29. The molecule has 1 aromatic rings. The first-order valence-corrected chi connectivity index (χ1v) is 7.51. The van der Waals surface area contributed by atoms with E-state index in [2.05, 4.69) is 31.5 Å². The van der Waals surface area contributed by atoms with Gasteiger partial charge in [0.15, 0.2) is 0 Å². The Kier molecular flexibility index (Phi) is 6.01. The molecule has 0 atom stereocenters. The molecule has 0 bridgehead atoms. The zero-order chi connectivity index (χ0) is 12.0. The maximum atomic E-state index is 6.08. The van der Waals surface area contributed by atoms with Crippen molar-refractivity contribution in [1.29, 1.82) is 0 Å². The van der Waals surface area contributed by atoms with Gasteiger partial charge in [0.05, 0.1) is 5.02 Å². The molecule has 0 aromatic carbocycles. The highest BCUT2D eigenvalue weighted by Crippen LogP contribution is 2.36. The molecule has 0 aliphatic rings. The highest BCUT2D eigenvalue weighted by molar-refractivity contribution is 7.99. The monoisotopic (exact) mass is 275 g/mol. The van der Waals surface area contributed by atoms with Gasteiger partial charge in [0, 0.05) is 11.9 Å². The molecule has 0 fully saturated rings. The average Bonchev–Trinajstić information content (AvgIpc) is 2.34. The largest absolute Gasteiger partial charge is 0.248 e. The lowest BCUT2D eigenvalue weighted by Gasteiger charge is -2.29. The minimum absolute atomic E-state index is 0.300. The van der Waals surface area contributed by atoms with Gasteiger partial charge in [-0.25, -0.2) is 4.98 Å². The standard InChI is InChI=1S/C12H18ClNS2/c1-3-12(4-2,8-15)9-16-11-10(13)6-5-7-14-11/h5-7,15H,3-4,8-9H2,1-2H3. The number of pyridine rings is 1. The lowest BCUT2D eigenvalue weighted by Crippen LogP contribution is -2.24. The van der Waals surface area contributed by atoms with E-state index in [9.17, 15) is 0 Å². The van der Waals surface area contributed by atoms with Crippen molar-refractivity contribution in [3.05, 3.63) is 23.4 Å². The lowest BCUT2D eigenvalue weighted by molar-refractivity contribution is 0.357. The number of halogens is 1. The normalized spacial score (nSPS) is 11.8. The van der Waals surface area contributed by atoms with Gasteiger partial charge < -0.3 is 0 Å². The van der Waals surface area contributed by atoms with Gasteiger partial charge in [-0.3, -0.25) is 0 Å². The second kappa shape index (κ2) is 6.77. The number of thiol groups is 1. The third-order valence-corrected chi connectivity index (χ3v) is 5.52. The van der Waals surface area contributed by atoms with E-state index in [4.69, 9.17) is 11.6 Å². The van der Waals surface area contributed by atoms with E-state index in [1.807, 2.05) is 12.1 Å². The van der Waals surface area contributed by atoms with E-state index in [0.29, 0.717) is 5.41 Å². The van der Waals surface area contributed by atoms with Crippen LogP contribution in [0.5, 0.6) is 0 Å². The van der Waals surface area contributed by atoms with E-state index in [1.165, 1.54) is 0 Å². The Balaban J connectivity index is 2.66. The first-order chi connectivity index (χ1) is 7.67. The van der Waals surface area contributed by atoms with Gasteiger partial charge in [-0.15, -0.1) is 11.8 Å². The fraction of sp³-hybridized carbons (Fsp3) is 0.583. The first-order valence-electron chi connectivity index (χ1n) is 5.51. The number of hydrogen-bond donors (Lipinski definition) is 1. The van der Waals surface area contributed by atoms with E-state index < -0.39 is 0 Å². The summed E-state index contributed by atoms with van der Waals surface area (Å²) in [7, 11) is 0. The summed E-state index contributed by atoms with van der Waals surface area (Å²) in [6, 6.07) is 3.75. The predicted octanol–water partition coefficient (Wildman–Crippen LogP) is 4.56. The zero-order valence-corrected chi connectivity index (χ0v) is 12.2. The highest BCUT2D eigenvalue weighted by Gasteiger charge is 2.25. The van der Waals surface area contributed by atoms with Crippen molar-refractivity contribution in [1.82, 2.24) is 4.98 Å². The summed E-state index contributed by atoms with van der Waals surface area (Å²) >= 11 is 12.3. The maximum Gasteiger partial charge on any atom is 0.115 e. The Labute approximate surface area is 113 Å². The SMILES string of the molecule is CCC(CC)(CS)CSc1ncccc1Cl. The summed E-state index contributed by atoms with van der Waals surface area (Å²) in [5.41, 5.74) is 0.300. The van der Waals surface area contributed by atoms with Crippen LogP contribution in [0.4, 0.5) is 0 Å². The van der Waals surface area contributed by atoms with Crippen LogP contribution in [0.15, 0.2) is 23.4 Å². The number of hydrogen-bond acceptors (Lipinski definition) is 3. The smallest absolute Gasteiger partial charge is 0.115 e. The van der Waals surface area contributed by atoms with Crippen molar-refractivity contribution < 1.29 is 0 Å². The number of nitrogens with zero attached hydrogens (tertiary/aromatic N) is 1. The van der Waals surface area contributed by atoms with Crippen molar-refractivity contribution in [2.75, 3.05) is 11.5 Å². The van der Waals surface area contributed by atoms with Crippen molar-refractivity contribution in [2.45, 2.75) is 31.7 Å². The highest BCUT2D eigenvalue weighted by atomic mass is 35.5. The molecule has 0 aliphatic heterocycles. The van der Waals surface area contributed by atoms with Gasteiger partial charge in [-0.2, -0.15) is 12.6 Å². The van der Waals surface area contributed by atoms with Crippen molar-refractivity contribution in [3.8, 4) is 0 Å². The predicted molar refractivity (Wildman–Crippen MR) is 76.8 cm³/mol. The molecule has 0 N–H and O–H groups in total. The van der Waals surface area contributed by atoms with E-state index in [0.717, 1.165) is 34.4 Å². The first kappa shape index (κ1) is 14.2. The van der Waals surface area contributed by atoms with Crippen LogP contribution in [0.2, 0.25) is 5.02 Å². The summed E-state index contributed by atoms with van der Waals surface area (Å²) in [5.74, 6) is 1.94. The molecule has 0 amide bonds. The summed E-state index contributed by atoms with van der Waals surface area (Å²) < 4.78 is 0. The van der Waals surface area contributed by atoms with E-state index >= 15 is 0 Å². The summed E-state index contributed by atoms with van der Waals surface area (Å²) in [6.45, 7) is 4.45. The van der Waals surface area contributed by atoms with Crippen LogP contribution < -0.4 is 0 Å². The molecule has 1 nitrogen and oxygen atoms in total. The third-order valence-electron chi connectivity index (χ3n) is 3.08. The molecule has 16 heavy (non-hydrogen) atoms. The van der Waals surface area contributed by atoms with Crippen molar-refractivity contribution >= 4 is 36.0 Å². The number of aromatic nitrogens is 1. The summed E-state index contributed by atoms with van der Waals surface area (Å²) in [5, 5.41) is 1.67. The molecular formula is C12H18ClNS2. The Bertz CT molecular complexity index is 318. The molecule has 90 valence electrons. The molecule has 0 aliphatic carbocycles. The Morgan fingerprint density at radius 3 is 2.62 bits per heavy atom. The minimum Gasteiger partial charge on any atom is -0.248 e. The molecule has 1 aromatic heterocycles. The van der Waals surface area contributed by atoms with Crippen LogP contribution in [0.3, 0.4) is 0 Å². The quantitative estimate of drug-likeness (QED) is 0.604. The summed E-state index contributed by atoms with van der Waals surface area (Å²) in [6.07, 6.45) is 4.07. The lowest BCUT2D eigenvalue weighted by atomic mass is 9.87. The molecular weight excluding hydrogens is 258 g/mol. The van der Waals surface area contributed by atoms with Crippen LogP contribution in [0.1, 0.15) is 26.7 Å². The van der Waals surface area contributed by atoms with Crippen molar-refractivity contribution in [3.63, 3.8) is 0 Å². The topological polar surface area (TPSA) is 12.9 Å². The second-order valence-electron chi connectivity index (χ2n) is 3.94. The molecule has 0 saturated carbocycles. The van der Waals surface area contributed by atoms with E-state index in [1.54, 1.807) is 18.0 Å². The molecule has 1 rings (SSSR count). The fourth-order valence-electron chi connectivity index (χ4n) is 1.42. The Morgan fingerprint density at radius 2 is 2.12 bits per heavy atom. The van der Waals surface area contributed by atoms with Gasteiger partial charge in [-0.05, 0) is 36.1 Å². The fourth-order valence-corrected chi connectivity index (χ4v) is 3.71. The van der Waals surface area contributed by atoms with Gasteiger partial charge >= 0.3 is 0 Å². The number of rotatable bonds is 6. The number of thioether (sulfide) groups is 1. The maximum absolute atomic E-state index is 6.08. The molecule has 0 saturated heterocycles. The van der Waals surface area contributed by atoms with E-state index in [-0.39, 0.29) is 0 Å². The average molecular weight is 276 g/mol. The Morgan fingerprint density at radius 1 is 1.44 bits per heavy atom. The van der Waals surface area contributed by atoms with Crippen molar-refractivity contribution in [2.24, 2.45) is 5.41 Å². The molecule has 0 spiro atoms. The Hall–Kier alpha value is 0.140. The van der Waals surface area contributed by atoms with Crippen LogP contribution in [0.25, 0.3) is 0 Å². The molecule has 0 radical (unpaired) electrons. The van der Waals surface area contributed by atoms with Crippen LogP contribution in [-0.2, 0) is 0 Å². The molecule has 1 heterocycles. The van der Waals surface area contributed by atoms with Gasteiger partial charge in [0.25, 0.3) is 0 Å².